The molecule has 37 heavy (non-hydrogen) atoms. The SMILES string of the molecule is CCCN1C(=O)c2cc(C(=O)NCCc3ccc(OC)c(OC)c3)nn2C[C@@]1(C)C(=O)NC1CCCC1. The van der Waals surface area contributed by atoms with Gasteiger partial charge in [-0.25, -0.2) is 0 Å². The summed E-state index contributed by atoms with van der Waals surface area (Å²) in [7, 11) is 3.16. The minimum atomic E-state index is -1.07. The first-order valence-corrected chi connectivity index (χ1v) is 13.0. The summed E-state index contributed by atoms with van der Waals surface area (Å²) in [6.45, 7) is 4.80. The maximum atomic E-state index is 13.4. The van der Waals surface area contributed by atoms with Crippen molar-refractivity contribution in [3.05, 3.63) is 41.2 Å². The first kappa shape index (κ1) is 26.5. The molecule has 1 saturated carbocycles. The molecule has 0 spiro atoms. The van der Waals surface area contributed by atoms with Gasteiger partial charge in [0.2, 0.25) is 5.91 Å². The quantitative estimate of drug-likeness (QED) is 0.507. The van der Waals surface area contributed by atoms with E-state index in [-0.39, 0.29) is 36.0 Å². The topological polar surface area (TPSA) is 115 Å². The molecule has 1 atom stereocenters. The lowest BCUT2D eigenvalue weighted by Gasteiger charge is -2.43. The van der Waals surface area contributed by atoms with Gasteiger partial charge in [-0.3, -0.25) is 19.1 Å². The summed E-state index contributed by atoms with van der Waals surface area (Å²) in [4.78, 5) is 41.3. The molecule has 2 aromatic rings. The number of ether oxygens (including phenoxy) is 2. The molecule has 10 heteroatoms. The van der Waals surface area contributed by atoms with Crippen molar-refractivity contribution in [3.63, 3.8) is 0 Å². The first-order chi connectivity index (χ1) is 17.8. The zero-order valence-electron chi connectivity index (χ0n) is 22.1. The lowest BCUT2D eigenvalue weighted by atomic mass is 9.94. The second-order valence-electron chi connectivity index (χ2n) is 9.95. The van der Waals surface area contributed by atoms with Crippen molar-refractivity contribution in [1.29, 1.82) is 0 Å². The second kappa shape index (κ2) is 11.2. The number of hydrogen-bond donors (Lipinski definition) is 2. The molecule has 200 valence electrons. The van der Waals surface area contributed by atoms with Gasteiger partial charge >= 0.3 is 0 Å². The summed E-state index contributed by atoms with van der Waals surface area (Å²) in [5.41, 5.74) is 0.393. The average molecular weight is 512 g/mol. The molecule has 1 aliphatic carbocycles. The van der Waals surface area contributed by atoms with Crippen LogP contribution in [0.2, 0.25) is 0 Å². The molecule has 3 amide bonds. The fraction of sp³-hybridized carbons (Fsp3) is 0.556. The van der Waals surface area contributed by atoms with E-state index in [9.17, 15) is 14.4 Å². The average Bonchev–Trinajstić information content (AvgIpc) is 3.56. The van der Waals surface area contributed by atoms with Crippen LogP contribution in [0.4, 0.5) is 0 Å². The van der Waals surface area contributed by atoms with Gasteiger partial charge in [0.25, 0.3) is 11.8 Å². The van der Waals surface area contributed by atoms with E-state index in [2.05, 4.69) is 15.7 Å². The zero-order valence-corrected chi connectivity index (χ0v) is 22.1. The van der Waals surface area contributed by atoms with Gasteiger partial charge < -0.3 is 25.0 Å². The summed E-state index contributed by atoms with van der Waals surface area (Å²) in [6, 6.07) is 7.28. The highest BCUT2D eigenvalue weighted by Gasteiger charge is 2.48. The van der Waals surface area contributed by atoms with E-state index in [0.717, 1.165) is 37.7 Å². The van der Waals surface area contributed by atoms with Crippen molar-refractivity contribution in [1.82, 2.24) is 25.3 Å². The predicted octanol–water partition coefficient (Wildman–Crippen LogP) is 2.56. The Labute approximate surface area is 217 Å². The molecule has 0 bridgehead atoms. The van der Waals surface area contributed by atoms with Crippen molar-refractivity contribution in [2.75, 3.05) is 27.3 Å². The van der Waals surface area contributed by atoms with Crippen molar-refractivity contribution >= 4 is 17.7 Å². The molecule has 2 aliphatic rings. The summed E-state index contributed by atoms with van der Waals surface area (Å²) in [6.07, 6.45) is 5.44. The molecule has 1 aromatic carbocycles. The number of amides is 3. The normalized spacial score (nSPS) is 19.5. The number of nitrogens with zero attached hydrogens (tertiary/aromatic N) is 3. The highest BCUT2D eigenvalue weighted by atomic mass is 16.5. The second-order valence-corrected chi connectivity index (χ2v) is 9.95. The molecule has 10 nitrogen and oxygen atoms in total. The van der Waals surface area contributed by atoms with E-state index in [1.165, 1.54) is 10.7 Å². The maximum Gasteiger partial charge on any atom is 0.273 e. The van der Waals surface area contributed by atoms with Crippen molar-refractivity contribution < 1.29 is 23.9 Å². The Kier molecular flexibility index (Phi) is 8.04. The van der Waals surface area contributed by atoms with Crippen molar-refractivity contribution in [2.45, 2.75) is 70.5 Å². The maximum absolute atomic E-state index is 13.4. The van der Waals surface area contributed by atoms with Gasteiger partial charge in [-0.2, -0.15) is 5.10 Å². The highest BCUT2D eigenvalue weighted by Crippen LogP contribution is 2.30. The third-order valence-corrected chi connectivity index (χ3v) is 7.30. The number of nitrogens with one attached hydrogen (secondary N) is 2. The van der Waals surface area contributed by atoms with E-state index < -0.39 is 5.54 Å². The Morgan fingerprint density at radius 3 is 2.54 bits per heavy atom. The van der Waals surface area contributed by atoms with E-state index in [4.69, 9.17) is 9.47 Å². The number of carbonyl (C=O) groups excluding carboxylic acids is 3. The van der Waals surface area contributed by atoms with E-state index in [0.29, 0.717) is 36.7 Å². The van der Waals surface area contributed by atoms with Crippen LogP contribution in [0.15, 0.2) is 24.3 Å². The van der Waals surface area contributed by atoms with Crippen LogP contribution >= 0.6 is 0 Å². The molecule has 0 saturated heterocycles. The summed E-state index contributed by atoms with van der Waals surface area (Å²) >= 11 is 0. The Balaban J connectivity index is 1.45. The predicted molar refractivity (Wildman–Crippen MR) is 138 cm³/mol. The fourth-order valence-electron chi connectivity index (χ4n) is 5.18. The van der Waals surface area contributed by atoms with Crippen LogP contribution in [-0.4, -0.2) is 71.3 Å². The Bertz CT molecular complexity index is 1160. The molecular formula is C27H37N5O5. The van der Waals surface area contributed by atoms with Gasteiger partial charge in [0.15, 0.2) is 17.2 Å². The van der Waals surface area contributed by atoms with Crippen LogP contribution in [0.3, 0.4) is 0 Å². The van der Waals surface area contributed by atoms with Crippen LogP contribution in [-0.2, 0) is 17.8 Å². The standard InChI is InChI=1S/C27H37N5O5/c1-5-14-31-25(34)21-16-20(24(33)28-13-12-18-10-11-22(36-3)23(15-18)37-4)30-32(21)17-27(31,2)26(35)29-19-8-6-7-9-19/h10-11,15-16,19H,5-9,12-14,17H2,1-4H3,(H,28,33)(H,29,35)/t27-/m0/s1. The Morgan fingerprint density at radius 1 is 1.14 bits per heavy atom. The molecule has 2 N–H and O–H groups in total. The number of methoxy groups -OCH3 is 2. The number of hydrogen-bond acceptors (Lipinski definition) is 6. The largest absolute Gasteiger partial charge is 0.493 e. The van der Waals surface area contributed by atoms with E-state index in [1.807, 2.05) is 25.1 Å². The molecule has 0 radical (unpaired) electrons. The van der Waals surface area contributed by atoms with Crippen molar-refractivity contribution in [2.24, 2.45) is 0 Å². The number of fused-ring (bicyclic) bond motifs is 1. The van der Waals surface area contributed by atoms with Gasteiger partial charge in [0.1, 0.15) is 11.2 Å². The molecule has 0 unspecified atom stereocenters. The van der Waals surface area contributed by atoms with Gasteiger partial charge in [0.05, 0.1) is 20.8 Å². The first-order valence-electron chi connectivity index (χ1n) is 13.0. The van der Waals surface area contributed by atoms with Crippen LogP contribution in [0.25, 0.3) is 0 Å². The van der Waals surface area contributed by atoms with Gasteiger partial charge in [-0.1, -0.05) is 25.8 Å². The smallest absolute Gasteiger partial charge is 0.273 e. The molecule has 1 aromatic heterocycles. The van der Waals surface area contributed by atoms with Crippen LogP contribution in [0.1, 0.15) is 72.5 Å². The minimum absolute atomic E-state index is 0.147. The lowest BCUT2D eigenvalue weighted by molar-refractivity contribution is -0.133. The third kappa shape index (κ3) is 5.42. The monoisotopic (exact) mass is 511 g/mol. The number of aromatic nitrogens is 2. The number of rotatable bonds is 10. The third-order valence-electron chi connectivity index (χ3n) is 7.30. The van der Waals surface area contributed by atoms with Gasteiger partial charge in [0, 0.05) is 25.2 Å². The summed E-state index contributed by atoms with van der Waals surface area (Å²) in [5.74, 6) is 0.458. The summed E-state index contributed by atoms with van der Waals surface area (Å²) < 4.78 is 12.1. The molecule has 4 rings (SSSR count). The van der Waals surface area contributed by atoms with Gasteiger partial charge in [-0.05, 0) is 50.3 Å². The van der Waals surface area contributed by atoms with E-state index >= 15 is 0 Å². The van der Waals surface area contributed by atoms with Crippen LogP contribution in [0.5, 0.6) is 11.5 Å². The molecule has 2 heterocycles. The Hall–Kier alpha value is -3.56. The lowest BCUT2D eigenvalue weighted by Crippen LogP contribution is -2.65. The van der Waals surface area contributed by atoms with Gasteiger partial charge in [-0.15, -0.1) is 0 Å². The molecule has 1 fully saturated rings. The summed E-state index contributed by atoms with van der Waals surface area (Å²) in [5, 5.41) is 10.4. The van der Waals surface area contributed by atoms with E-state index in [1.54, 1.807) is 26.0 Å². The fourth-order valence-corrected chi connectivity index (χ4v) is 5.18. The number of benzene rings is 1. The zero-order chi connectivity index (χ0) is 26.6. The highest BCUT2D eigenvalue weighted by molar-refractivity contribution is 6.01. The number of carbonyl (C=O) groups is 3. The minimum Gasteiger partial charge on any atom is -0.493 e. The van der Waals surface area contributed by atoms with Crippen molar-refractivity contribution in [3.8, 4) is 11.5 Å². The van der Waals surface area contributed by atoms with Crippen LogP contribution in [0, 0.1) is 0 Å². The molecular weight excluding hydrogens is 474 g/mol. The Morgan fingerprint density at radius 2 is 1.86 bits per heavy atom. The van der Waals surface area contributed by atoms with Crippen LogP contribution < -0.4 is 20.1 Å². The molecule has 1 aliphatic heterocycles.